The van der Waals surface area contributed by atoms with Crippen LogP contribution in [0.4, 0.5) is 5.69 Å². The van der Waals surface area contributed by atoms with E-state index in [1.165, 1.54) is 11.3 Å². The highest BCUT2D eigenvalue weighted by Crippen LogP contribution is 2.20. The number of rotatable bonds is 7. The molecule has 28 heavy (non-hydrogen) atoms. The molecule has 1 saturated heterocycles. The van der Waals surface area contributed by atoms with E-state index in [-0.39, 0.29) is 0 Å². The Balaban J connectivity index is 1.29. The van der Waals surface area contributed by atoms with Crippen molar-refractivity contribution >= 4 is 5.69 Å². The molecule has 1 fully saturated rings. The molecule has 7 heteroatoms. The number of anilines is 1. The minimum atomic E-state index is 0.790. The first-order chi connectivity index (χ1) is 13.8. The van der Waals surface area contributed by atoms with Gasteiger partial charge in [0.2, 0.25) is 0 Å². The van der Waals surface area contributed by atoms with Gasteiger partial charge in [-0.1, -0.05) is 30.3 Å². The molecule has 0 saturated carbocycles. The fraction of sp³-hybridized carbons (Fsp3) is 0.381. The van der Waals surface area contributed by atoms with Gasteiger partial charge in [-0.3, -0.25) is 4.90 Å². The summed E-state index contributed by atoms with van der Waals surface area (Å²) in [5, 5.41) is 12.3. The molecule has 0 spiro atoms. The van der Waals surface area contributed by atoms with Crippen molar-refractivity contribution in [2.24, 2.45) is 0 Å². The molecule has 2 heterocycles. The quantitative estimate of drug-likeness (QED) is 0.628. The van der Waals surface area contributed by atoms with Gasteiger partial charge in [-0.2, -0.15) is 0 Å². The van der Waals surface area contributed by atoms with Gasteiger partial charge in [0.1, 0.15) is 5.75 Å². The minimum Gasteiger partial charge on any atom is -0.497 e. The maximum absolute atomic E-state index is 5.24. The molecule has 2 aromatic carbocycles. The summed E-state index contributed by atoms with van der Waals surface area (Å²) < 4.78 is 7.18. The average molecular weight is 378 g/mol. The number of benzene rings is 2. The average Bonchev–Trinajstić information content (AvgIpc) is 3.20. The van der Waals surface area contributed by atoms with Crippen LogP contribution in [-0.4, -0.2) is 58.4 Å². The zero-order valence-electron chi connectivity index (χ0n) is 16.2. The van der Waals surface area contributed by atoms with E-state index in [0.717, 1.165) is 57.3 Å². The second-order valence-electron chi connectivity index (χ2n) is 7.02. The maximum Gasteiger partial charge on any atom is 0.165 e. The van der Waals surface area contributed by atoms with Gasteiger partial charge in [-0.05, 0) is 46.7 Å². The van der Waals surface area contributed by atoms with Gasteiger partial charge in [-0.15, -0.1) is 5.10 Å². The highest BCUT2D eigenvalue weighted by atomic mass is 16.5. The lowest BCUT2D eigenvalue weighted by Gasteiger charge is -2.35. The van der Waals surface area contributed by atoms with Crippen LogP contribution in [0.25, 0.3) is 0 Å². The maximum atomic E-state index is 5.24. The van der Waals surface area contributed by atoms with Crippen molar-refractivity contribution in [3.8, 4) is 5.75 Å². The summed E-state index contributed by atoms with van der Waals surface area (Å²) in [5.74, 6) is 1.83. The van der Waals surface area contributed by atoms with Gasteiger partial charge >= 0.3 is 0 Å². The summed E-state index contributed by atoms with van der Waals surface area (Å²) in [6.07, 6.45) is 0.935. The van der Waals surface area contributed by atoms with Gasteiger partial charge in [0.15, 0.2) is 5.82 Å². The van der Waals surface area contributed by atoms with Crippen molar-refractivity contribution in [1.29, 1.82) is 0 Å². The van der Waals surface area contributed by atoms with Gasteiger partial charge in [0, 0.05) is 38.4 Å². The number of aryl methyl sites for hydroxylation is 2. The number of nitrogens with zero attached hydrogens (tertiary/aromatic N) is 6. The van der Waals surface area contributed by atoms with Gasteiger partial charge < -0.3 is 9.64 Å². The Bertz CT molecular complexity index is 856. The van der Waals surface area contributed by atoms with E-state index in [0.29, 0.717) is 0 Å². The van der Waals surface area contributed by atoms with Crippen LogP contribution in [-0.2, 0) is 19.5 Å². The van der Waals surface area contributed by atoms with Crippen molar-refractivity contribution in [1.82, 2.24) is 25.1 Å². The normalized spacial score (nSPS) is 15.0. The van der Waals surface area contributed by atoms with Crippen LogP contribution < -0.4 is 9.64 Å². The van der Waals surface area contributed by atoms with E-state index < -0.39 is 0 Å². The van der Waals surface area contributed by atoms with Crippen LogP contribution in [0.15, 0.2) is 54.6 Å². The fourth-order valence-corrected chi connectivity index (χ4v) is 3.55. The first kappa shape index (κ1) is 18.4. The van der Waals surface area contributed by atoms with E-state index in [2.05, 4.69) is 61.7 Å². The summed E-state index contributed by atoms with van der Waals surface area (Å²) >= 11 is 0. The number of aromatic nitrogens is 4. The molecule has 0 amide bonds. The first-order valence-electron chi connectivity index (χ1n) is 9.72. The third-order valence-corrected chi connectivity index (χ3v) is 5.24. The van der Waals surface area contributed by atoms with Crippen LogP contribution in [0.1, 0.15) is 11.4 Å². The monoisotopic (exact) mass is 378 g/mol. The number of piperazine rings is 1. The lowest BCUT2D eigenvalue weighted by atomic mass is 10.1. The number of methoxy groups -OCH3 is 1. The summed E-state index contributed by atoms with van der Waals surface area (Å²) in [4.78, 5) is 4.83. The lowest BCUT2D eigenvalue weighted by molar-refractivity contribution is 0.239. The van der Waals surface area contributed by atoms with E-state index >= 15 is 0 Å². The van der Waals surface area contributed by atoms with Gasteiger partial charge in [0.05, 0.1) is 13.7 Å². The minimum absolute atomic E-state index is 0.790. The highest BCUT2D eigenvalue weighted by molar-refractivity contribution is 5.49. The molecule has 0 bridgehead atoms. The van der Waals surface area contributed by atoms with Crippen molar-refractivity contribution in [3.05, 3.63) is 66.0 Å². The molecule has 0 aliphatic carbocycles. The number of hydrogen-bond acceptors (Lipinski definition) is 6. The standard InChI is InChI=1S/C21H26N6O/c1-28-20-9-7-19(8-10-20)26-15-13-25(14-16-26)17-21-22-23-24-27(21)12-11-18-5-3-2-4-6-18/h2-10H,11-17H2,1H3. The SMILES string of the molecule is COc1ccc(N2CCN(Cc3nnnn3CCc3ccccc3)CC2)cc1. The first-order valence-corrected chi connectivity index (χ1v) is 9.72. The van der Waals surface area contributed by atoms with E-state index in [1.54, 1.807) is 7.11 Å². The van der Waals surface area contributed by atoms with Crippen molar-refractivity contribution < 1.29 is 4.74 Å². The Kier molecular flexibility index (Phi) is 5.82. The molecule has 3 aromatic rings. The van der Waals surface area contributed by atoms with E-state index in [1.807, 2.05) is 22.9 Å². The van der Waals surface area contributed by atoms with Gasteiger partial charge in [-0.25, -0.2) is 4.68 Å². The largest absolute Gasteiger partial charge is 0.497 e. The summed E-state index contributed by atoms with van der Waals surface area (Å²) in [6, 6.07) is 18.7. The van der Waals surface area contributed by atoms with Crippen molar-refractivity contribution in [3.63, 3.8) is 0 Å². The lowest BCUT2D eigenvalue weighted by Crippen LogP contribution is -2.46. The van der Waals surface area contributed by atoms with Crippen LogP contribution in [0.3, 0.4) is 0 Å². The van der Waals surface area contributed by atoms with Crippen LogP contribution in [0.2, 0.25) is 0 Å². The molecule has 4 rings (SSSR count). The fourth-order valence-electron chi connectivity index (χ4n) is 3.55. The van der Waals surface area contributed by atoms with Crippen molar-refractivity contribution in [2.45, 2.75) is 19.5 Å². The number of hydrogen-bond donors (Lipinski definition) is 0. The molecule has 0 N–H and O–H groups in total. The molecule has 0 unspecified atom stereocenters. The Morgan fingerprint density at radius 2 is 1.68 bits per heavy atom. The number of tetrazole rings is 1. The van der Waals surface area contributed by atoms with Crippen LogP contribution >= 0.6 is 0 Å². The van der Waals surface area contributed by atoms with Gasteiger partial charge in [0.25, 0.3) is 0 Å². The topological polar surface area (TPSA) is 59.3 Å². The third-order valence-electron chi connectivity index (χ3n) is 5.24. The smallest absolute Gasteiger partial charge is 0.165 e. The van der Waals surface area contributed by atoms with E-state index in [4.69, 9.17) is 4.74 Å². The predicted octanol–water partition coefficient (Wildman–Crippen LogP) is 2.25. The summed E-state index contributed by atoms with van der Waals surface area (Å²) in [5.41, 5.74) is 2.55. The molecule has 0 atom stereocenters. The second kappa shape index (κ2) is 8.84. The Morgan fingerprint density at radius 3 is 2.39 bits per heavy atom. The Hall–Kier alpha value is -2.93. The van der Waals surface area contributed by atoms with Crippen LogP contribution in [0, 0.1) is 0 Å². The zero-order chi connectivity index (χ0) is 19.2. The molecule has 1 aliphatic heterocycles. The molecule has 146 valence electrons. The van der Waals surface area contributed by atoms with Crippen molar-refractivity contribution in [2.75, 3.05) is 38.2 Å². The van der Waals surface area contributed by atoms with E-state index in [9.17, 15) is 0 Å². The Labute approximate surface area is 165 Å². The summed E-state index contributed by atoms with van der Waals surface area (Å²) in [7, 11) is 1.70. The predicted molar refractivity (Wildman–Crippen MR) is 108 cm³/mol. The summed E-state index contributed by atoms with van der Waals surface area (Å²) in [6.45, 7) is 5.58. The molecule has 7 nitrogen and oxygen atoms in total. The number of ether oxygens (including phenoxy) is 1. The molecular weight excluding hydrogens is 352 g/mol. The molecule has 0 radical (unpaired) electrons. The molecule has 1 aromatic heterocycles. The second-order valence-corrected chi connectivity index (χ2v) is 7.02. The third kappa shape index (κ3) is 4.48. The highest BCUT2D eigenvalue weighted by Gasteiger charge is 2.19. The molecule has 1 aliphatic rings. The Morgan fingerprint density at radius 1 is 0.929 bits per heavy atom. The van der Waals surface area contributed by atoms with Crippen LogP contribution in [0.5, 0.6) is 5.75 Å². The zero-order valence-corrected chi connectivity index (χ0v) is 16.2. The molecular formula is C21H26N6O.